The van der Waals surface area contributed by atoms with Crippen molar-refractivity contribution < 1.29 is 4.79 Å². The molecule has 0 saturated heterocycles. The summed E-state index contributed by atoms with van der Waals surface area (Å²) in [6.07, 6.45) is 4.87. The Labute approximate surface area is 145 Å². The highest BCUT2D eigenvalue weighted by Crippen LogP contribution is 2.17. The predicted molar refractivity (Wildman–Crippen MR) is 99.1 cm³/mol. The lowest BCUT2D eigenvalue weighted by molar-refractivity contribution is -0.127. The number of rotatable bonds is 5. The largest absolute Gasteiger partial charge is 0.354 e. The molecular weight excluding hydrogens is 300 g/mol. The molecule has 2 N–H and O–H groups in total. The zero-order valence-corrected chi connectivity index (χ0v) is 15.4. The van der Waals surface area contributed by atoms with Crippen LogP contribution < -0.4 is 10.6 Å². The molecule has 5 nitrogen and oxygen atoms in total. The minimum absolute atomic E-state index is 0.0439. The van der Waals surface area contributed by atoms with Crippen LogP contribution in [0.5, 0.6) is 0 Å². The van der Waals surface area contributed by atoms with Gasteiger partial charge in [-0.25, -0.2) is 4.99 Å². The summed E-state index contributed by atoms with van der Waals surface area (Å²) in [6, 6.07) is 6.89. The van der Waals surface area contributed by atoms with Crippen molar-refractivity contribution in [1.29, 1.82) is 0 Å². The van der Waals surface area contributed by atoms with Crippen molar-refractivity contribution in [2.45, 2.75) is 52.1 Å². The minimum atomic E-state index is 0.0439. The number of guanidine groups is 1. The molecule has 0 bridgehead atoms. The van der Waals surface area contributed by atoms with Gasteiger partial charge in [-0.05, 0) is 37.8 Å². The normalized spacial score (nSPS) is 15.4. The molecule has 1 aromatic carbocycles. The van der Waals surface area contributed by atoms with E-state index in [1.54, 1.807) is 19.0 Å². The average Bonchev–Trinajstić information content (AvgIpc) is 3.03. The number of carbonyl (C=O) groups is 1. The van der Waals surface area contributed by atoms with Gasteiger partial charge in [-0.3, -0.25) is 4.79 Å². The standard InChI is InChI=1S/C19H30N4O/c1-14-9-10-16(15(2)11-14)12-20-19(21-13-18(24)23(3)4)22-17-7-5-6-8-17/h9-11,17H,5-8,12-13H2,1-4H3,(H2,20,21,22). The summed E-state index contributed by atoms with van der Waals surface area (Å²) in [7, 11) is 3.53. The Balaban J connectivity index is 2.03. The van der Waals surface area contributed by atoms with Crippen molar-refractivity contribution in [3.05, 3.63) is 34.9 Å². The van der Waals surface area contributed by atoms with Gasteiger partial charge in [0.25, 0.3) is 0 Å². The van der Waals surface area contributed by atoms with E-state index >= 15 is 0 Å². The molecule has 1 amide bonds. The number of aryl methyl sites for hydroxylation is 2. The average molecular weight is 330 g/mol. The van der Waals surface area contributed by atoms with Gasteiger partial charge in [-0.1, -0.05) is 36.6 Å². The van der Waals surface area contributed by atoms with Crippen molar-refractivity contribution in [2.75, 3.05) is 20.6 Å². The fourth-order valence-electron chi connectivity index (χ4n) is 2.92. The molecular formula is C19H30N4O. The van der Waals surface area contributed by atoms with Crippen LogP contribution in [0.25, 0.3) is 0 Å². The lowest BCUT2D eigenvalue weighted by Crippen LogP contribution is -2.46. The molecule has 5 heteroatoms. The number of amides is 1. The number of carbonyl (C=O) groups excluding carboxylic acids is 1. The molecule has 0 aliphatic heterocycles. The van der Waals surface area contributed by atoms with Crippen LogP contribution in [0.15, 0.2) is 23.2 Å². The summed E-state index contributed by atoms with van der Waals surface area (Å²) < 4.78 is 0. The molecule has 1 aromatic rings. The van der Waals surface area contributed by atoms with E-state index < -0.39 is 0 Å². The van der Waals surface area contributed by atoms with Crippen LogP contribution in [-0.2, 0) is 11.3 Å². The summed E-state index contributed by atoms with van der Waals surface area (Å²) in [5.74, 6) is 0.777. The Kier molecular flexibility index (Phi) is 6.64. The fraction of sp³-hybridized carbons (Fsp3) is 0.579. The Bertz CT molecular complexity index is 589. The topological polar surface area (TPSA) is 56.7 Å². The van der Waals surface area contributed by atoms with Gasteiger partial charge < -0.3 is 15.5 Å². The van der Waals surface area contributed by atoms with Gasteiger partial charge in [0.2, 0.25) is 5.91 Å². The second kappa shape index (κ2) is 8.71. The molecule has 0 atom stereocenters. The third-order valence-corrected chi connectivity index (χ3v) is 4.51. The van der Waals surface area contributed by atoms with Crippen molar-refractivity contribution in [2.24, 2.45) is 4.99 Å². The molecule has 1 aliphatic rings. The summed E-state index contributed by atoms with van der Waals surface area (Å²) in [5.41, 5.74) is 3.73. The Morgan fingerprint density at radius 2 is 1.96 bits per heavy atom. The first-order chi connectivity index (χ1) is 11.5. The third kappa shape index (κ3) is 5.55. The number of hydrogen-bond acceptors (Lipinski definition) is 2. The van der Waals surface area contributed by atoms with Crippen LogP contribution in [-0.4, -0.2) is 43.4 Å². The van der Waals surface area contributed by atoms with E-state index in [-0.39, 0.29) is 12.5 Å². The van der Waals surface area contributed by atoms with Crippen molar-refractivity contribution in [3.8, 4) is 0 Å². The lowest BCUT2D eigenvalue weighted by atomic mass is 10.1. The maximum absolute atomic E-state index is 11.8. The Morgan fingerprint density at radius 1 is 1.25 bits per heavy atom. The zero-order chi connectivity index (χ0) is 17.5. The van der Waals surface area contributed by atoms with Gasteiger partial charge in [0, 0.05) is 20.1 Å². The van der Waals surface area contributed by atoms with E-state index in [0.717, 1.165) is 5.96 Å². The summed E-state index contributed by atoms with van der Waals surface area (Å²) >= 11 is 0. The second-order valence-corrected chi connectivity index (χ2v) is 6.86. The number of likely N-dealkylation sites (N-methyl/N-ethyl adjacent to an activating group) is 1. The molecule has 132 valence electrons. The zero-order valence-electron chi connectivity index (χ0n) is 15.4. The van der Waals surface area contributed by atoms with Crippen LogP contribution in [0.3, 0.4) is 0 Å². The highest BCUT2D eigenvalue weighted by Gasteiger charge is 2.16. The maximum Gasteiger partial charge on any atom is 0.241 e. The molecule has 24 heavy (non-hydrogen) atoms. The molecule has 0 heterocycles. The van der Waals surface area contributed by atoms with Gasteiger partial charge in [0.05, 0.1) is 13.1 Å². The quantitative estimate of drug-likeness (QED) is 0.644. The van der Waals surface area contributed by atoms with Gasteiger partial charge in [0.15, 0.2) is 5.96 Å². The van der Waals surface area contributed by atoms with E-state index in [0.29, 0.717) is 12.6 Å². The number of nitrogens with zero attached hydrogens (tertiary/aromatic N) is 2. The smallest absolute Gasteiger partial charge is 0.241 e. The van der Waals surface area contributed by atoms with E-state index in [2.05, 4.69) is 42.7 Å². The predicted octanol–water partition coefficient (Wildman–Crippen LogP) is 2.37. The number of aliphatic imine (C=N–C) groups is 1. The molecule has 0 radical (unpaired) electrons. The minimum Gasteiger partial charge on any atom is -0.354 e. The molecule has 1 aliphatic carbocycles. The third-order valence-electron chi connectivity index (χ3n) is 4.51. The number of nitrogens with one attached hydrogen (secondary N) is 2. The molecule has 0 unspecified atom stereocenters. The number of hydrogen-bond donors (Lipinski definition) is 2. The first kappa shape index (κ1) is 18.3. The van der Waals surface area contributed by atoms with Gasteiger partial charge >= 0.3 is 0 Å². The highest BCUT2D eigenvalue weighted by molar-refractivity contribution is 5.86. The van der Waals surface area contributed by atoms with Gasteiger partial charge in [-0.15, -0.1) is 0 Å². The molecule has 0 aromatic heterocycles. The summed E-state index contributed by atoms with van der Waals surface area (Å²) in [5, 5.41) is 6.66. The van der Waals surface area contributed by atoms with Crippen LogP contribution in [0.1, 0.15) is 42.4 Å². The van der Waals surface area contributed by atoms with Crippen LogP contribution in [0.4, 0.5) is 0 Å². The van der Waals surface area contributed by atoms with Crippen molar-refractivity contribution in [3.63, 3.8) is 0 Å². The van der Waals surface area contributed by atoms with Crippen LogP contribution >= 0.6 is 0 Å². The SMILES string of the molecule is Cc1ccc(CN=C(NCC(=O)N(C)C)NC2CCCC2)c(C)c1. The monoisotopic (exact) mass is 330 g/mol. The summed E-state index contributed by atoms with van der Waals surface area (Å²) in [4.78, 5) is 18.1. The second-order valence-electron chi connectivity index (χ2n) is 6.86. The van der Waals surface area contributed by atoms with Gasteiger partial charge in [-0.2, -0.15) is 0 Å². The Morgan fingerprint density at radius 3 is 2.58 bits per heavy atom. The van der Waals surface area contributed by atoms with Crippen LogP contribution in [0, 0.1) is 13.8 Å². The summed E-state index contributed by atoms with van der Waals surface area (Å²) in [6.45, 7) is 5.09. The van der Waals surface area contributed by atoms with Crippen LogP contribution in [0.2, 0.25) is 0 Å². The first-order valence-electron chi connectivity index (χ1n) is 8.77. The van der Waals surface area contributed by atoms with E-state index in [1.165, 1.54) is 42.4 Å². The lowest BCUT2D eigenvalue weighted by Gasteiger charge is -2.18. The number of benzene rings is 1. The molecule has 2 rings (SSSR count). The molecule has 1 fully saturated rings. The molecule has 1 saturated carbocycles. The molecule has 0 spiro atoms. The van der Waals surface area contributed by atoms with E-state index in [9.17, 15) is 4.79 Å². The van der Waals surface area contributed by atoms with E-state index in [1.807, 2.05) is 0 Å². The van der Waals surface area contributed by atoms with Gasteiger partial charge in [0.1, 0.15) is 0 Å². The maximum atomic E-state index is 11.8. The fourth-order valence-corrected chi connectivity index (χ4v) is 2.92. The Hall–Kier alpha value is -2.04. The first-order valence-corrected chi connectivity index (χ1v) is 8.77. The van der Waals surface area contributed by atoms with Crippen molar-refractivity contribution >= 4 is 11.9 Å². The van der Waals surface area contributed by atoms with Crippen molar-refractivity contribution in [1.82, 2.24) is 15.5 Å². The highest BCUT2D eigenvalue weighted by atomic mass is 16.2. The van der Waals surface area contributed by atoms with E-state index in [4.69, 9.17) is 4.99 Å².